The van der Waals surface area contributed by atoms with Gasteiger partial charge in [-0.2, -0.15) is 13.2 Å². The number of rotatable bonds is 4. The first-order valence-electron chi connectivity index (χ1n) is 10.1. The number of nitrogens with zero attached hydrogens (tertiary/aromatic N) is 2. The standard InChI is InChI=1S/C22H25F3N2O3S/c1-26(2)15-7-9-20-18(12-15)19-13-16(30-3)8-10-21(19)27(20)31(28,29)17-6-4-5-14(11-17)22(23,24)25/h4-6,8,10-11,13,15,18,20H,7,9,12H2,1-3H3. The predicted octanol–water partition coefficient (Wildman–Crippen LogP) is 4.49. The van der Waals surface area contributed by atoms with E-state index in [4.69, 9.17) is 4.74 Å². The molecule has 3 atom stereocenters. The molecule has 4 rings (SSSR count). The van der Waals surface area contributed by atoms with Gasteiger partial charge in [-0.15, -0.1) is 0 Å². The third-order valence-electron chi connectivity index (χ3n) is 6.41. The first-order valence-corrected chi connectivity index (χ1v) is 11.5. The lowest BCUT2D eigenvalue weighted by Gasteiger charge is -2.38. The van der Waals surface area contributed by atoms with Crippen molar-refractivity contribution in [3.63, 3.8) is 0 Å². The molecule has 0 spiro atoms. The molecule has 0 aromatic heterocycles. The van der Waals surface area contributed by atoms with Gasteiger partial charge in [0.15, 0.2) is 0 Å². The Balaban J connectivity index is 1.82. The summed E-state index contributed by atoms with van der Waals surface area (Å²) in [6.45, 7) is 0. The summed E-state index contributed by atoms with van der Waals surface area (Å²) in [6, 6.07) is 9.18. The minimum Gasteiger partial charge on any atom is -0.497 e. The van der Waals surface area contributed by atoms with Crippen molar-refractivity contribution in [1.29, 1.82) is 0 Å². The van der Waals surface area contributed by atoms with Gasteiger partial charge in [-0.3, -0.25) is 4.31 Å². The van der Waals surface area contributed by atoms with Crippen LogP contribution in [0.4, 0.5) is 18.9 Å². The zero-order chi connectivity index (χ0) is 22.6. The van der Waals surface area contributed by atoms with Gasteiger partial charge >= 0.3 is 6.18 Å². The molecule has 1 saturated carbocycles. The Kier molecular flexibility index (Phi) is 5.46. The summed E-state index contributed by atoms with van der Waals surface area (Å²) in [6.07, 6.45) is -2.41. The molecular formula is C22H25F3N2O3S. The van der Waals surface area contributed by atoms with E-state index in [9.17, 15) is 21.6 Å². The fourth-order valence-corrected chi connectivity index (χ4v) is 6.59. The molecule has 5 nitrogen and oxygen atoms in total. The van der Waals surface area contributed by atoms with Crippen LogP contribution in [0.5, 0.6) is 5.75 Å². The molecule has 1 fully saturated rings. The number of ether oxygens (including phenoxy) is 1. The van der Waals surface area contributed by atoms with Crippen molar-refractivity contribution in [1.82, 2.24) is 4.90 Å². The molecule has 2 aromatic carbocycles. The Morgan fingerprint density at radius 3 is 2.48 bits per heavy atom. The molecule has 2 aromatic rings. The molecule has 0 N–H and O–H groups in total. The van der Waals surface area contributed by atoms with Gasteiger partial charge in [0.25, 0.3) is 10.0 Å². The molecule has 1 heterocycles. The van der Waals surface area contributed by atoms with E-state index in [1.54, 1.807) is 19.2 Å². The van der Waals surface area contributed by atoms with E-state index in [0.717, 1.165) is 36.6 Å². The maximum absolute atomic E-state index is 13.6. The van der Waals surface area contributed by atoms with Gasteiger partial charge in [0.05, 0.1) is 29.3 Å². The zero-order valence-corrected chi connectivity index (χ0v) is 18.4. The van der Waals surface area contributed by atoms with E-state index in [1.165, 1.54) is 10.4 Å². The molecule has 0 amide bonds. The van der Waals surface area contributed by atoms with Crippen LogP contribution in [0, 0.1) is 0 Å². The predicted molar refractivity (Wildman–Crippen MR) is 112 cm³/mol. The van der Waals surface area contributed by atoms with Crippen LogP contribution in [-0.2, 0) is 16.2 Å². The lowest BCUT2D eigenvalue weighted by atomic mass is 9.79. The third-order valence-corrected chi connectivity index (χ3v) is 8.24. The monoisotopic (exact) mass is 454 g/mol. The lowest BCUT2D eigenvalue weighted by Crippen LogP contribution is -2.45. The largest absolute Gasteiger partial charge is 0.497 e. The summed E-state index contributed by atoms with van der Waals surface area (Å²) in [7, 11) is 1.37. The maximum atomic E-state index is 13.6. The van der Waals surface area contributed by atoms with Crippen LogP contribution < -0.4 is 9.04 Å². The van der Waals surface area contributed by atoms with Gasteiger partial charge in [-0.1, -0.05) is 6.07 Å². The van der Waals surface area contributed by atoms with Gasteiger partial charge in [-0.05, 0) is 75.3 Å². The Morgan fingerprint density at radius 2 is 1.84 bits per heavy atom. The smallest absolute Gasteiger partial charge is 0.416 e. The number of fused-ring (bicyclic) bond motifs is 3. The second kappa shape index (κ2) is 7.70. The van der Waals surface area contributed by atoms with Crippen molar-refractivity contribution < 1.29 is 26.3 Å². The van der Waals surface area contributed by atoms with Crippen LogP contribution in [0.1, 0.15) is 36.3 Å². The van der Waals surface area contributed by atoms with Crippen LogP contribution in [0.25, 0.3) is 0 Å². The number of sulfonamides is 1. The van der Waals surface area contributed by atoms with E-state index in [-0.39, 0.29) is 16.9 Å². The lowest BCUT2D eigenvalue weighted by molar-refractivity contribution is -0.137. The first-order chi connectivity index (χ1) is 14.5. The molecule has 0 bridgehead atoms. The fourth-order valence-electron chi connectivity index (χ4n) is 4.81. The number of benzene rings is 2. The quantitative estimate of drug-likeness (QED) is 0.683. The molecule has 31 heavy (non-hydrogen) atoms. The van der Waals surface area contributed by atoms with E-state index >= 15 is 0 Å². The number of methoxy groups -OCH3 is 1. The molecule has 0 saturated heterocycles. The van der Waals surface area contributed by atoms with Crippen molar-refractivity contribution in [3.8, 4) is 5.75 Å². The molecule has 0 radical (unpaired) electrons. The van der Waals surface area contributed by atoms with E-state index in [2.05, 4.69) is 4.90 Å². The second-order valence-corrected chi connectivity index (χ2v) is 10.2. The van der Waals surface area contributed by atoms with Gasteiger partial charge in [0, 0.05) is 12.0 Å². The third kappa shape index (κ3) is 3.78. The highest BCUT2D eigenvalue weighted by molar-refractivity contribution is 7.92. The fraction of sp³-hybridized carbons (Fsp3) is 0.455. The zero-order valence-electron chi connectivity index (χ0n) is 17.6. The number of hydrogen-bond donors (Lipinski definition) is 0. The number of alkyl halides is 3. The first kappa shape index (κ1) is 22.0. The average Bonchev–Trinajstić information content (AvgIpc) is 3.06. The van der Waals surface area contributed by atoms with Gasteiger partial charge in [-0.25, -0.2) is 8.42 Å². The Labute approximate surface area is 180 Å². The van der Waals surface area contributed by atoms with Crippen molar-refractivity contribution >= 4 is 15.7 Å². The number of hydrogen-bond acceptors (Lipinski definition) is 4. The average molecular weight is 455 g/mol. The van der Waals surface area contributed by atoms with E-state index in [0.29, 0.717) is 23.9 Å². The van der Waals surface area contributed by atoms with Gasteiger partial charge in [0.1, 0.15) is 5.75 Å². The highest BCUT2D eigenvalue weighted by Gasteiger charge is 2.48. The SMILES string of the molecule is COc1ccc2c(c1)C1CC(N(C)C)CCC1N2S(=O)(=O)c1cccc(C(F)(F)F)c1. The molecule has 2 aliphatic rings. The van der Waals surface area contributed by atoms with Crippen LogP contribution in [0.3, 0.4) is 0 Å². The summed E-state index contributed by atoms with van der Waals surface area (Å²) >= 11 is 0. The summed E-state index contributed by atoms with van der Waals surface area (Å²) < 4.78 is 73.6. The number of halogens is 3. The topological polar surface area (TPSA) is 49.9 Å². The van der Waals surface area contributed by atoms with Crippen molar-refractivity contribution in [2.45, 2.75) is 48.3 Å². The molecule has 9 heteroatoms. The van der Waals surface area contributed by atoms with Crippen molar-refractivity contribution in [3.05, 3.63) is 53.6 Å². The molecular weight excluding hydrogens is 429 g/mol. The Bertz CT molecular complexity index is 1090. The minimum atomic E-state index is -4.62. The van der Waals surface area contributed by atoms with E-state index < -0.39 is 21.8 Å². The summed E-state index contributed by atoms with van der Waals surface area (Å²) in [4.78, 5) is 1.79. The van der Waals surface area contributed by atoms with Crippen LogP contribution in [0.15, 0.2) is 47.4 Å². The molecule has 1 aliphatic carbocycles. The summed E-state index contributed by atoms with van der Waals surface area (Å²) in [5, 5.41) is 0. The van der Waals surface area contributed by atoms with Crippen molar-refractivity contribution in [2.24, 2.45) is 0 Å². The molecule has 168 valence electrons. The molecule has 3 unspecified atom stereocenters. The second-order valence-electron chi connectivity index (χ2n) is 8.36. The normalized spacial score (nSPS) is 23.6. The van der Waals surface area contributed by atoms with Crippen LogP contribution in [0.2, 0.25) is 0 Å². The maximum Gasteiger partial charge on any atom is 0.416 e. The van der Waals surface area contributed by atoms with Crippen molar-refractivity contribution in [2.75, 3.05) is 25.5 Å². The van der Waals surface area contributed by atoms with Crippen LogP contribution >= 0.6 is 0 Å². The number of anilines is 1. The van der Waals surface area contributed by atoms with E-state index in [1.807, 2.05) is 20.2 Å². The van der Waals surface area contributed by atoms with Gasteiger partial charge in [0.2, 0.25) is 0 Å². The van der Waals surface area contributed by atoms with Gasteiger partial charge < -0.3 is 9.64 Å². The summed E-state index contributed by atoms with van der Waals surface area (Å²) in [5.41, 5.74) is 0.412. The minimum absolute atomic E-state index is 0.0492. The van der Waals surface area contributed by atoms with Crippen LogP contribution in [-0.4, -0.2) is 46.6 Å². The Morgan fingerprint density at radius 1 is 1.10 bits per heavy atom. The highest BCUT2D eigenvalue weighted by atomic mass is 32.2. The Hall–Kier alpha value is -2.26. The highest BCUT2D eigenvalue weighted by Crippen LogP contribution is 2.51. The molecule has 1 aliphatic heterocycles. The summed E-state index contributed by atoms with van der Waals surface area (Å²) in [5.74, 6) is 0.578.